The molecule has 0 fully saturated rings. The number of pyridine rings is 1. The highest BCUT2D eigenvalue weighted by atomic mass is 35.5. The summed E-state index contributed by atoms with van der Waals surface area (Å²) in [6.07, 6.45) is 3.01. The maximum atomic E-state index is 13.8. The highest BCUT2D eigenvalue weighted by Crippen LogP contribution is 2.32. The average molecular weight is 441 g/mol. The molecule has 3 aromatic rings. The second-order valence-corrected chi connectivity index (χ2v) is 7.62. The lowest BCUT2D eigenvalue weighted by Crippen LogP contribution is -2.47. The lowest BCUT2D eigenvalue weighted by Gasteiger charge is -2.33. The van der Waals surface area contributed by atoms with Gasteiger partial charge in [-0.1, -0.05) is 11.6 Å². The van der Waals surface area contributed by atoms with E-state index >= 15 is 0 Å². The number of hydrogen-bond donors (Lipinski definition) is 2. The maximum Gasteiger partial charge on any atom is 0.254 e. The third kappa shape index (κ3) is 4.06. The predicted molar refractivity (Wildman–Crippen MR) is 114 cm³/mol. The van der Waals surface area contributed by atoms with Crippen LogP contribution in [0.5, 0.6) is 0 Å². The SMILES string of the molecule is CNC(=O)CN1C[C@@H](C(=O)Nc2cncc3ccc(F)cc23)c2cc(Cl)ccc2C1=O. The number of hydrogen-bond acceptors (Lipinski definition) is 4. The van der Waals surface area contributed by atoms with Gasteiger partial charge in [-0.2, -0.15) is 0 Å². The van der Waals surface area contributed by atoms with Crippen LogP contribution in [0, 0.1) is 5.82 Å². The predicted octanol–water partition coefficient (Wildman–Crippen LogP) is 2.95. The molecule has 0 saturated carbocycles. The largest absolute Gasteiger partial charge is 0.358 e. The molecule has 31 heavy (non-hydrogen) atoms. The van der Waals surface area contributed by atoms with Gasteiger partial charge in [0.1, 0.15) is 5.82 Å². The molecule has 1 atom stereocenters. The molecule has 0 radical (unpaired) electrons. The molecule has 158 valence electrons. The summed E-state index contributed by atoms with van der Waals surface area (Å²) in [6, 6.07) is 8.90. The van der Waals surface area contributed by atoms with E-state index in [1.807, 2.05) is 0 Å². The summed E-state index contributed by atoms with van der Waals surface area (Å²) < 4.78 is 13.8. The number of carbonyl (C=O) groups is 3. The molecule has 1 aliphatic rings. The summed E-state index contributed by atoms with van der Waals surface area (Å²) in [6.45, 7) is -0.180. The average Bonchev–Trinajstić information content (AvgIpc) is 2.75. The first-order valence-electron chi connectivity index (χ1n) is 9.51. The summed E-state index contributed by atoms with van der Waals surface area (Å²) in [5.74, 6) is -2.34. The van der Waals surface area contributed by atoms with Gasteiger partial charge in [0.2, 0.25) is 11.8 Å². The highest BCUT2D eigenvalue weighted by Gasteiger charge is 2.36. The lowest BCUT2D eigenvalue weighted by atomic mass is 9.88. The fraction of sp³-hybridized carbons (Fsp3) is 0.182. The third-order valence-electron chi connectivity index (χ3n) is 5.22. The molecule has 4 rings (SSSR count). The van der Waals surface area contributed by atoms with Gasteiger partial charge >= 0.3 is 0 Å². The zero-order valence-electron chi connectivity index (χ0n) is 16.5. The van der Waals surface area contributed by atoms with Crippen molar-refractivity contribution in [2.45, 2.75) is 5.92 Å². The van der Waals surface area contributed by atoms with Gasteiger partial charge in [0, 0.05) is 41.1 Å². The monoisotopic (exact) mass is 440 g/mol. The molecule has 1 aliphatic heterocycles. The van der Waals surface area contributed by atoms with Crippen molar-refractivity contribution in [2.75, 3.05) is 25.5 Å². The Labute approximate surface area is 182 Å². The molecule has 0 unspecified atom stereocenters. The Hall–Kier alpha value is -3.52. The van der Waals surface area contributed by atoms with Crippen LogP contribution in [-0.4, -0.2) is 47.7 Å². The van der Waals surface area contributed by atoms with Crippen LogP contribution < -0.4 is 10.6 Å². The lowest BCUT2D eigenvalue weighted by molar-refractivity contribution is -0.122. The van der Waals surface area contributed by atoms with Crippen LogP contribution in [-0.2, 0) is 9.59 Å². The second-order valence-electron chi connectivity index (χ2n) is 7.18. The van der Waals surface area contributed by atoms with Crippen molar-refractivity contribution < 1.29 is 18.8 Å². The van der Waals surface area contributed by atoms with E-state index in [1.165, 1.54) is 30.3 Å². The van der Waals surface area contributed by atoms with Crippen LogP contribution >= 0.6 is 11.6 Å². The molecule has 9 heteroatoms. The molecule has 0 saturated heterocycles. The number of fused-ring (bicyclic) bond motifs is 2. The summed E-state index contributed by atoms with van der Waals surface area (Å²) in [7, 11) is 1.47. The van der Waals surface area contributed by atoms with Crippen molar-refractivity contribution >= 4 is 45.8 Å². The van der Waals surface area contributed by atoms with Crippen molar-refractivity contribution in [1.29, 1.82) is 0 Å². The van der Waals surface area contributed by atoms with E-state index in [-0.39, 0.29) is 24.9 Å². The smallest absolute Gasteiger partial charge is 0.254 e. The summed E-state index contributed by atoms with van der Waals surface area (Å²) in [5, 5.41) is 6.83. The van der Waals surface area contributed by atoms with Gasteiger partial charge in [0.15, 0.2) is 0 Å². The normalized spacial score (nSPS) is 15.5. The summed E-state index contributed by atoms with van der Waals surface area (Å²) in [4.78, 5) is 43.4. The molecular formula is C22H18ClFN4O3. The van der Waals surface area contributed by atoms with E-state index < -0.39 is 17.6 Å². The number of nitrogens with zero attached hydrogens (tertiary/aromatic N) is 2. The van der Waals surface area contributed by atoms with Crippen molar-refractivity contribution in [3.63, 3.8) is 0 Å². The molecule has 2 N–H and O–H groups in total. The quantitative estimate of drug-likeness (QED) is 0.652. The minimum Gasteiger partial charge on any atom is -0.358 e. The molecule has 1 aromatic heterocycles. The molecule has 0 bridgehead atoms. The Balaban J connectivity index is 1.70. The molecular weight excluding hydrogens is 423 g/mol. The number of carbonyl (C=O) groups excluding carboxylic acids is 3. The van der Waals surface area contributed by atoms with Crippen molar-refractivity contribution in [2.24, 2.45) is 0 Å². The van der Waals surface area contributed by atoms with Crippen LogP contribution in [0.2, 0.25) is 5.02 Å². The van der Waals surface area contributed by atoms with E-state index in [0.717, 1.165) is 0 Å². The van der Waals surface area contributed by atoms with Crippen LogP contribution in [0.4, 0.5) is 10.1 Å². The number of likely N-dealkylation sites (N-methyl/N-ethyl adjacent to an activating group) is 1. The molecule has 2 heterocycles. The first kappa shape index (κ1) is 20.7. The fourth-order valence-electron chi connectivity index (χ4n) is 3.66. The molecule has 0 spiro atoms. The highest BCUT2D eigenvalue weighted by molar-refractivity contribution is 6.30. The number of aromatic nitrogens is 1. The van der Waals surface area contributed by atoms with Crippen molar-refractivity contribution in [1.82, 2.24) is 15.2 Å². The Bertz CT molecular complexity index is 1220. The number of anilines is 1. The maximum absolute atomic E-state index is 13.8. The topological polar surface area (TPSA) is 91.4 Å². The van der Waals surface area contributed by atoms with Crippen molar-refractivity contribution in [3.8, 4) is 0 Å². The zero-order valence-corrected chi connectivity index (χ0v) is 17.2. The van der Waals surface area contributed by atoms with Gasteiger partial charge in [-0.15, -0.1) is 0 Å². The fourth-order valence-corrected chi connectivity index (χ4v) is 3.84. The van der Waals surface area contributed by atoms with Crippen LogP contribution in [0.25, 0.3) is 10.8 Å². The number of halogens is 2. The van der Waals surface area contributed by atoms with Crippen LogP contribution in [0.3, 0.4) is 0 Å². The first-order valence-corrected chi connectivity index (χ1v) is 9.88. The molecule has 3 amide bonds. The van der Waals surface area contributed by atoms with Gasteiger partial charge in [-0.3, -0.25) is 19.4 Å². The van der Waals surface area contributed by atoms with E-state index in [9.17, 15) is 18.8 Å². The van der Waals surface area contributed by atoms with Crippen LogP contribution in [0.15, 0.2) is 48.8 Å². The van der Waals surface area contributed by atoms with Gasteiger partial charge in [0.05, 0.1) is 24.3 Å². The minimum absolute atomic E-state index is 0.00200. The Morgan fingerprint density at radius 2 is 2.03 bits per heavy atom. The number of nitrogens with one attached hydrogen (secondary N) is 2. The van der Waals surface area contributed by atoms with E-state index in [4.69, 9.17) is 11.6 Å². The van der Waals surface area contributed by atoms with Gasteiger partial charge < -0.3 is 15.5 Å². The Morgan fingerprint density at radius 1 is 1.23 bits per heavy atom. The second kappa shape index (κ2) is 8.31. The van der Waals surface area contributed by atoms with E-state index in [0.29, 0.717) is 32.6 Å². The Kier molecular flexibility index (Phi) is 5.56. The Morgan fingerprint density at radius 3 is 2.81 bits per heavy atom. The van der Waals surface area contributed by atoms with Gasteiger partial charge in [0.25, 0.3) is 5.91 Å². The minimum atomic E-state index is -0.778. The third-order valence-corrected chi connectivity index (χ3v) is 5.46. The standard InChI is InChI=1S/C22H18ClFN4O3/c1-25-20(29)11-28-10-18(17-6-13(23)3-5-15(17)22(28)31)21(30)27-19-9-26-8-12-2-4-14(24)7-16(12)19/h2-9,18H,10-11H2,1H3,(H,25,29)(H,27,30)/t18-/m1/s1. The molecule has 0 aliphatic carbocycles. The number of benzene rings is 2. The zero-order chi connectivity index (χ0) is 22.1. The number of rotatable bonds is 4. The summed E-state index contributed by atoms with van der Waals surface area (Å²) in [5.41, 5.74) is 1.13. The van der Waals surface area contributed by atoms with Gasteiger partial charge in [-0.25, -0.2) is 4.39 Å². The van der Waals surface area contributed by atoms with E-state index in [2.05, 4.69) is 15.6 Å². The number of amides is 3. The van der Waals surface area contributed by atoms with E-state index in [1.54, 1.807) is 30.5 Å². The van der Waals surface area contributed by atoms with Crippen LogP contribution in [0.1, 0.15) is 21.8 Å². The molecule has 2 aromatic carbocycles. The first-order chi connectivity index (χ1) is 14.9. The molecule has 7 nitrogen and oxygen atoms in total. The summed E-state index contributed by atoms with van der Waals surface area (Å²) >= 11 is 6.12. The van der Waals surface area contributed by atoms with Crippen molar-refractivity contribution in [3.05, 3.63) is 70.8 Å². The van der Waals surface area contributed by atoms with Gasteiger partial charge in [-0.05, 0) is 42.0 Å².